The van der Waals surface area contributed by atoms with Crippen molar-refractivity contribution in [1.82, 2.24) is 14.7 Å². The van der Waals surface area contributed by atoms with Gasteiger partial charge in [-0.25, -0.2) is 0 Å². The van der Waals surface area contributed by atoms with E-state index in [1.165, 1.54) is 0 Å². The molecule has 2 aliphatic heterocycles. The lowest BCUT2D eigenvalue weighted by Gasteiger charge is -2.42. The van der Waals surface area contributed by atoms with Gasteiger partial charge in [-0.05, 0) is 26.3 Å². The quantitative estimate of drug-likeness (QED) is 0.791. The molecule has 2 aliphatic rings. The molecular weight excluding hydrogens is 252 g/mol. The molecule has 0 spiro atoms. The Balaban J connectivity index is 1.86. The van der Waals surface area contributed by atoms with Gasteiger partial charge in [-0.15, -0.1) is 0 Å². The fourth-order valence-electron chi connectivity index (χ4n) is 3.48. The zero-order chi connectivity index (χ0) is 14.5. The first kappa shape index (κ1) is 15.7. The van der Waals surface area contributed by atoms with Gasteiger partial charge in [0.15, 0.2) is 0 Å². The van der Waals surface area contributed by atoms with Gasteiger partial charge in [0.05, 0.1) is 0 Å². The van der Waals surface area contributed by atoms with E-state index in [1.807, 2.05) is 4.90 Å². The maximum Gasteiger partial charge on any atom is 0.224 e. The average Bonchev–Trinajstić information content (AvgIpc) is 2.98. The summed E-state index contributed by atoms with van der Waals surface area (Å²) in [6.45, 7) is 11.2. The second kappa shape index (κ2) is 7.38. The highest BCUT2D eigenvalue weighted by atomic mass is 16.2. The van der Waals surface area contributed by atoms with Crippen molar-refractivity contribution in [3.63, 3.8) is 0 Å². The Morgan fingerprint density at radius 2 is 1.95 bits per heavy atom. The molecule has 0 aromatic carbocycles. The summed E-state index contributed by atoms with van der Waals surface area (Å²) in [7, 11) is 0. The molecule has 2 N–H and O–H groups in total. The van der Waals surface area contributed by atoms with Gasteiger partial charge in [0.1, 0.15) is 0 Å². The molecule has 5 nitrogen and oxygen atoms in total. The van der Waals surface area contributed by atoms with E-state index in [1.54, 1.807) is 0 Å². The minimum Gasteiger partial charge on any atom is -0.343 e. The van der Waals surface area contributed by atoms with Gasteiger partial charge in [-0.3, -0.25) is 14.6 Å². The van der Waals surface area contributed by atoms with Crippen molar-refractivity contribution in [2.45, 2.75) is 45.2 Å². The first-order chi connectivity index (χ1) is 9.65. The van der Waals surface area contributed by atoms with Gasteiger partial charge in [0.2, 0.25) is 5.91 Å². The summed E-state index contributed by atoms with van der Waals surface area (Å²) in [4.78, 5) is 19.2. The van der Waals surface area contributed by atoms with Crippen molar-refractivity contribution in [1.29, 1.82) is 0 Å². The number of amides is 1. The van der Waals surface area contributed by atoms with E-state index in [-0.39, 0.29) is 6.04 Å². The van der Waals surface area contributed by atoms with Crippen molar-refractivity contribution < 1.29 is 4.79 Å². The Hall–Kier alpha value is -0.650. The standard InChI is InChI=1S/C15H30N4O/c1-3-17-8-9-19(12-13(17)2)14(11-16)10-15(20)18-6-4-5-7-18/h13-14H,3-12,16H2,1-2H3. The Kier molecular flexibility index (Phi) is 5.81. The van der Waals surface area contributed by atoms with Crippen molar-refractivity contribution in [3.8, 4) is 0 Å². The molecule has 5 heteroatoms. The second-order valence-corrected chi connectivity index (χ2v) is 6.15. The zero-order valence-corrected chi connectivity index (χ0v) is 13.1. The molecule has 0 aromatic heterocycles. The Bertz CT molecular complexity index is 317. The summed E-state index contributed by atoms with van der Waals surface area (Å²) < 4.78 is 0. The van der Waals surface area contributed by atoms with Crippen LogP contribution in [0.4, 0.5) is 0 Å². The van der Waals surface area contributed by atoms with Crippen molar-refractivity contribution in [2.24, 2.45) is 5.73 Å². The molecule has 2 fully saturated rings. The maximum atomic E-state index is 12.3. The van der Waals surface area contributed by atoms with E-state index in [9.17, 15) is 4.79 Å². The highest BCUT2D eigenvalue weighted by molar-refractivity contribution is 5.77. The van der Waals surface area contributed by atoms with Gasteiger partial charge in [0.25, 0.3) is 0 Å². The van der Waals surface area contributed by atoms with Crippen molar-refractivity contribution in [2.75, 3.05) is 45.8 Å². The number of likely N-dealkylation sites (tertiary alicyclic amines) is 1. The molecule has 2 unspecified atom stereocenters. The number of likely N-dealkylation sites (N-methyl/N-ethyl adjacent to an activating group) is 1. The summed E-state index contributed by atoms with van der Waals surface area (Å²) >= 11 is 0. The van der Waals surface area contributed by atoms with Gasteiger partial charge in [-0.2, -0.15) is 0 Å². The molecule has 0 aliphatic carbocycles. The normalized spacial score (nSPS) is 26.9. The van der Waals surface area contributed by atoms with Crippen molar-refractivity contribution >= 4 is 5.91 Å². The minimum absolute atomic E-state index is 0.213. The van der Waals surface area contributed by atoms with Crippen LogP contribution < -0.4 is 5.73 Å². The van der Waals surface area contributed by atoms with Gasteiger partial charge < -0.3 is 10.6 Å². The number of carbonyl (C=O) groups excluding carboxylic acids is 1. The van der Waals surface area contributed by atoms with Crippen LogP contribution in [0.15, 0.2) is 0 Å². The molecule has 1 amide bonds. The summed E-state index contributed by atoms with van der Waals surface area (Å²) in [5, 5.41) is 0. The molecule has 2 saturated heterocycles. The van der Waals surface area contributed by atoms with Gasteiger partial charge >= 0.3 is 0 Å². The van der Waals surface area contributed by atoms with Crippen molar-refractivity contribution in [3.05, 3.63) is 0 Å². The van der Waals surface area contributed by atoms with Crippen LogP contribution in [0, 0.1) is 0 Å². The molecule has 2 heterocycles. The zero-order valence-electron chi connectivity index (χ0n) is 13.1. The van der Waals surface area contributed by atoms with Crippen LogP contribution in [-0.2, 0) is 4.79 Å². The van der Waals surface area contributed by atoms with Crippen LogP contribution in [0.2, 0.25) is 0 Å². The fourth-order valence-corrected chi connectivity index (χ4v) is 3.48. The lowest BCUT2D eigenvalue weighted by molar-refractivity contribution is -0.131. The van der Waals surface area contributed by atoms with E-state index >= 15 is 0 Å². The predicted octanol–water partition coefficient (Wildman–Crippen LogP) is 0.352. The van der Waals surface area contributed by atoms with Crippen LogP contribution in [0.5, 0.6) is 0 Å². The third-order valence-electron chi connectivity index (χ3n) is 4.86. The molecule has 0 bridgehead atoms. The highest BCUT2D eigenvalue weighted by Gasteiger charge is 2.29. The lowest BCUT2D eigenvalue weighted by Crippen LogP contribution is -2.56. The molecule has 0 saturated carbocycles. The molecule has 0 radical (unpaired) electrons. The number of nitrogens with two attached hydrogens (primary N) is 1. The smallest absolute Gasteiger partial charge is 0.224 e. The minimum atomic E-state index is 0.213. The van der Waals surface area contributed by atoms with Crippen LogP contribution in [0.3, 0.4) is 0 Å². The fraction of sp³-hybridized carbons (Fsp3) is 0.933. The number of nitrogens with zero attached hydrogens (tertiary/aromatic N) is 3. The SMILES string of the molecule is CCN1CCN(C(CN)CC(=O)N2CCCC2)CC1C. The Labute approximate surface area is 123 Å². The summed E-state index contributed by atoms with van der Waals surface area (Å²) in [5.41, 5.74) is 5.94. The second-order valence-electron chi connectivity index (χ2n) is 6.15. The Morgan fingerprint density at radius 1 is 1.25 bits per heavy atom. The molecule has 2 atom stereocenters. The Morgan fingerprint density at radius 3 is 2.50 bits per heavy atom. The molecule has 0 aromatic rings. The number of hydrogen-bond acceptors (Lipinski definition) is 4. The molecule has 2 rings (SSSR count). The van der Waals surface area contributed by atoms with E-state index in [0.717, 1.165) is 52.1 Å². The summed E-state index contributed by atoms with van der Waals surface area (Å²) in [5.74, 6) is 0.295. The van der Waals surface area contributed by atoms with E-state index in [0.29, 0.717) is 24.9 Å². The number of rotatable bonds is 5. The average molecular weight is 282 g/mol. The number of hydrogen-bond donors (Lipinski definition) is 1. The number of piperazine rings is 1. The van der Waals surface area contributed by atoms with Crippen LogP contribution in [-0.4, -0.2) is 78.5 Å². The lowest BCUT2D eigenvalue weighted by atomic mass is 10.1. The van der Waals surface area contributed by atoms with E-state index in [4.69, 9.17) is 5.73 Å². The molecule has 20 heavy (non-hydrogen) atoms. The van der Waals surface area contributed by atoms with Crippen LogP contribution in [0.1, 0.15) is 33.1 Å². The number of carbonyl (C=O) groups is 1. The third-order valence-corrected chi connectivity index (χ3v) is 4.86. The van der Waals surface area contributed by atoms with Gasteiger partial charge in [-0.1, -0.05) is 6.92 Å². The molecule has 116 valence electrons. The highest BCUT2D eigenvalue weighted by Crippen LogP contribution is 2.16. The third kappa shape index (κ3) is 3.71. The van der Waals surface area contributed by atoms with Crippen LogP contribution >= 0.6 is 0 Å². The largest absolute Gasteiger partial charge is 0.343 e. The van der Waals surface area contributed by atoms with E-state index < -0.39 is 0 Å². The predicted molar refractivity (Wildman–Crippen MR) is 81.6 cm³/mol. The monoisotopic (exact) mass is 282 g/mol. The molecular formula is C15H30N4O. The van der Waals surface area contributed by atoms with Crippen LogP contribution in [0.25, 0.3) is 0 Å². The summed E-state index contributed by atoms with van der Waals surface area (Å²) in [6.07, 6.45) is 2.91. The topological polar surface area (TPSA) is 52.8 Å². The van der Waals surface area contributed by atoms with Gasteiger partial charge in [0, 0.05) is 57.8 Å². The maximum absolute atomic E-state index is 12.3. The summed E-state index contributed by atoms with van der Waals surface area (Å²) in [6, 6.07) is 0.772. The first-order valence-electron chi connectivity index (χ1n) is 8.11. The first-order valence-corrected chi connectivity index (χ1v) is 8.11. The van der Waals surface area contributed by atoms with E-state index in [2.05, 4.69) is 23.6 Å².